The number of nitrogens with one attached hydrogen (secondary N) is 2. The molecule has 8 heteroatoms. The second-order valence-electron chi connectivity index (χ2n) is 5.23. The smallest absolute Gasteiger partial charge is 0.307 e. The lowest BCUT2D eigenvalue weighted by Crippen LogP contribution is -2.32. The van der Waals surface area contributed by atoms with E-state index in [0.29, 0.717) is 5.56 Å². The Morgan fingerprint density at radius 2 is 2.05 bits per heavy atom. The quantitative estimate of drug-likeness (QED) is 0.694. The summed E-state index contributed by atoms with van der Waals surface area (Å²) in [5.74, 6) is -1.50. The molecule has 2 heterocycles. The first-order valence-electron chi connectivity index (χ1n) is 6.84. The minimum Gasteiger partial charge on any atom is -0.505 e. The SMILES string of the molecule is O=C1CN(c2c(O)ccc(C3CCNCC3)c2F)[N+](=O)N1. The van der Waals surface area contributed by atoms with Gasteiger partial charge in [-0.15, -0.1) is 0 Å². The summed E-state index contributed by atoms with van der Waals surface area (Å²) in [4.78, 5) is 23.0. The molecule has 0 unspecified atom stereocenters. The Hall–Kier alpha value is -2.22. The monoisotopic (exact) mass is 295 g/mol. The first-order chi connectivity index (χ1) is 10.1. The zero-order valence-electron chi connectivity index (χ0n) is 11.3. The zero-order valence-corrected chi connectivity index (χ0v) is 11.3. The standard InChI is InChI=1S/C13H15FN4O3/c14-12-9(8-3-5-15-6-4-8)1-2-10(19)13(12)17-7-11(20)16-18(17)21/h1-2,8,15H,3-7H2,(H-,16,19,20,21)/p+1. The van der Waals surface area contributed by atoms with Crippen molar-refractivity contribution in [2.45, 2.75) is 18.8 Å². The van der Waals surface area contributed by atoms with Gasteiger partial charge in [-0.05, 0) is 43.5 Å². The van der Waals surface area contributed by atoms with Gasteiger partial charge in [-0.3, -0.25) is 4.79 Å². The van der Waals surface area contributed by atoms with E-state index in [2.05, 4.69) is 5.32 Å². The van der Waals surface area contributed by atoms with Crippen LogP contribution in [0.4, 0.5) is 10.1 Å². The fourth-order valence-electron chi connectivity index (χ4n) is 2.84. The molecule has 112 valence electrons. The maximum atomic E-state index is 14.7. The van der Waals surface area contributed by atoms with Crippen LogP contribution in [0.1, 0.15) is 24.3 Å². The van der Waals surface area contributed by atoms with Gasteiger partial charge in [0.2, 0.25) is 0 Å². The third-order valence-electron chi connectivity index (χ3n) is 3.89. The van der Waals surface area contributed by atoms with Crippen molar-refractivity contribution < 1.29 is 19.3 Å². The first-order valence-corrected chi connectivity index (χ1v) is 6.84. The number of hydrazine groups is 2. The number of aromatic hydroxyl groups is 1. The number of benzene rings is 1. The Morgan fingerprint density at radius 1 is 1.33 bits per heavy atom. The summed E-state index contributed by atoms with van der Waals surface area (Å²) in [6.07, 6.45) is 1.58. The molecule has 0 radical (unpaired) electrons. The highest BCUT2D eigenvalue weighted by molar-refractivity contribution is 5.82. The number of hydrogen-bond donors (Lipinski definition) is 3. The lowest BCUT2D eigenvalue weighted by molar-refractivity contribution is -0.591. The average molecular weight is 295 g/mol. The topological polar surface area (TPSA) is 84.7 Å². The Bertz CT molecular complexity index is 601. The largest absolute Gasteiger partial charge is 0.505 e. The van der Waals surface area contributed by atoms with Crippen LogP contribution in [0, 0.1) is 10.7 Å². The Kier molecular flexibility index (Phi) is 3.46. The van der Waals surface area contributed by atoms with Gasteiger partial charge < -0.3 is 10.4 Å². The molecule has 1 aromatic carbocycles. The lowest BCUT2D eigenvalue weighted by Gasteiger charge is -2.24. The lowest BCUT2D eigenvalue weighted by atomic mass is 9.89. The van der Waals surface area contributed by atoms with Crippen molar-refractivity contribution in [2.24, 2.45) is 0 Å². The maximum absolute atomic E-state index is 14.7. The second-order valence-corrected chi connectivity index (χ2v) is 5.23. The van der Waals surface area contributed by atoms with Crippen molar-refractivity contribution in [3.8, 4) is 5.75 Å². The number of carbonyl (C=O) groups is 1. The van der Waals surface area contributed by atoms with E-state index in [9.17, 15) is 19.2 Å². The van der Waals surface area contributed by atoms with Crippen molar-refractivity contribution in [1.82, 2.24) is 10.7 Å². The van der Waals surface area contributed by atoms with Gasteiger partial charge in [0, 0.05) is 0 Å². The third kappa shape index (κ3) is 2.42. The van der Waals surface area contributed by atoms with Gasteiger partial charge in [-0.1, -0.05) is 16.5 Å². The molecule has 3 rings (SSSR count). The molecule has 7 nitrogen and oxygen atoms in total. The molecule has 1 amide bonds. The predicted octanol–water partition coefficient (Wildman–Crippen LogP) is 0.543. The van der Waals surface area contributed by atoms with Gasteiger partial charge in [0.15, 0.2) is 18.0 Å². The summed E-state index contributed by atoms with van der Waals surface area (Å²) in [6, 6.07) is 2.91. The van der Waals surface area contributed by atoms with Gasteiger partial charge in [0.05, 0.1) is 4.91 Å². The van der Waals surface area contributed by atoms with E-state index >= 15 is 0 Å². The van der Waals surface area contributed by atoms with Gasteiger partial charge in [-0.25, -0.2) is 4.39 Å². The molecule has 2 fully saturated rings. The van der Waals surface area contributed by atoms with Gasteiger partial charge in [0.1, 0.15) is 5.75 Å². The van der Waals surface area contributed by atoms with Gasteiger partial charge >= 0.3 is 5.91 Å². The molecular weight excluding hydrogens is 279 g/mol. The summed E-state index contributed by atoms with van der Waals surface area (Å²) < 4.78 is 14.7. The van der Waals surface area contributed by atoms with Crippen LogP contribution in [0.5, 0.6) is 5.75 Å². The average Bonchev–Trinajstić information content (AvgIpc) is 2.79. The number of hydrogen-bond acceptors (Lipinski definition) is 4. The molecule has 0 atom stereocenters. The van der Waals surface area contributed by atoms with Crippen molar-refractivity contribution in [1.29, 1.82) is 0 Å². The highest BCUT2D eigenvalue weighted by atomic mass is 19.1. The Balaban J connectivity index is 2.00. The maximum Gasteiger partial charge on any atom is 0.307 e. The van der Waals surface area contributed by atoms with Crippen molar-refractivity contribution in [2.75, 3.05) is 24.6 Å². The van der Waals surface area contributed by atoms with Crippen LogP contribution in [0.3, 0.4) is 0 Å². The summed E-state index contributed by atoms with van der Waals surface area (Å²) in [6.45, 7) is 1.29. The summed E-state index contributed by atoms with van der Waals surface area (Å²) in [7, 11) is 0. The Morgan fingerprint density at radius 3 is 2.67 bits per heavy atom. The number of nitrogens with zero attached hydrogens (tertiary/aromatic N) is 2. The van der Waals surface area contributed by atoms with Crippen LogP contribution in [-0.4, -0.2) is 35.6 Å². The number of phenols is 1. The third-order valence-corrected chi connectivity index (χ3v) is 3.89. The van der Waals surface area contributed by atoms with Crippen molar-refractivity contribution in [3.63, 3.8) is 0 Å². The molecule has 2 aliphatic heterocycles. The fourth-order valence-corrected chi connectivity index (χ4v) is 2.84. The molecule has 3 N–H and O–H groups in total. The number of amides is 1. The van der Waals surface area contributed by atoms with Crippen LogP contribution < -0.4 is 15.8 Å². The zero-order chi connectivity index (χ0) is 15.0. The van der Waals surface area contributed by atoms with E-state index in [1.807, 2.05) is 5.43 Å². The van der Waals surface area contributed by atoms with Gasteiger partial charge in [-0.2, -0.15) is 0 Å². The molecular formula is C13H16FN4O3+. The van der Waals surface area contributed by atoms with E-state index < -0.39 is 11.7 Å². The minimum absolute atomic E-state index is 0.0389. The Labute approximate surface area is 120 Å². The number of anilines is 1. The van der Waals surface area contributed by atoms with E-state index in [0.717, 1.165) is 30.9 Å². The number of rotatable bonds is 2. The van der Waals surface area contributed by atoms with Crippen LogP contribution in [0.25, 0.3) is 0 Å². The van der Waals surface area contributed by atoms with Crippen molar-refractivity contribution in [3.05, 3.63) is 28.4 Å². The van der Waals surface area contributed by atoms with E-state index in [4.69, 9.17) is 0 Å². The van der Waals surface area contributed by atoms with Gasteiger partial charge in [0.25, 0.3) is 4.98 Å². The number of halogens is 1. The highest BCUT2D eigenvalue weighted by Crippen LogP contribution is 2.38. The molecule has 0 aromatic heterocycles. The predicted molar refractivity (Wildman–Crippen MR) is 72.0 cm³/mol. The summed E-state index contributed by atoms with van der Waals surface area (Å²) in [5, 5.41) is 13.9. The summed E-state index contributed by atoms with van der Waals surface area (Å²) in [5.41, 5.74) is 2.21. The number of piperidine rings is 1. The minimum atomic E-state index is -0.640. The first kappa shape index (κ1) is 13.7. The van der Waals surface area contributed by atoms with E-state index in [-0.39, 0.29) is 28.9 Å². The molecule has 0 spiro atoms. The van der Waals surface area contributed by atoms with E-state index in [1.54, 1.807) is 6.07 Å². The summed E-state index contributed by atoms with van der Waals surface area (Å²) >= 11 is 0. The van der Waals surface area contributed by atoms with Crippen molar-refractivity contribution >= 4 is 11.6 Å². The number of carbonyl (C=O) groups excluding carboxylic acids is 1. The second kappa shape index (κ2) is 5.28. The molecule has 2 saturated heterocycles. The number of phenolic OH excluding ortho intramolecular Hbond substituents is 1. The molecule has 0 bridgehead atoms. The normalized spacial score (nSPS) is 20.0. The molecule has 0 saturated carbocycles. The number of nitroso groups, excluding NO2 is 1. The van der Waals surface area contributed by atoms with Crippen LogP contribution in [0.2, 0.25) is 0 Å². The molecule has 0 aliphatic carbocycles. The highest BCUT2D eigenvalue weighted by Gasteiger charge is 2.41. The van der Waals surface area contributed by atoms with Crippen LogP contribution >= 0.6 is 0 Å². The molecule has 1 aromatic rings. The fraction of sp³-hybridized carbons (Fsp3) is 0.462. The van der Waals surface area contributed by atoms with Crippen LogP contribution in [-0.2, 0) is 4.79 Å². The molecule has 2 aliphatic rings. The van der Waals surface area contributed by atoms with Crippen LogP contribution in [0.15, 0.2) is 12.1 Å². The van der Waals surface area contributed by atoms with E-state index in [1.165, 1.54) is 6.07 Å². The molecule has 21 heavy (non-hydrogen) atoms.